The highest BCUT2D eigenvalue weighted by Crippen LogP contribution is 2.09. The minimum atomic E-state index is 0.0497. The molecule has 0 heterocycles. The number of rotatable bonds is 6. The lowest BCUT2D eigenvalue weighted by Crippen LogP contribution is -2.23. The zero-order valence-electron chi connectivity index (χ0n) is 9.28. The summed E-state index contributed by atoms with van der Waals surface area (Å²) < 4.78 is 0. The van der Waals surface area contributed by atoms with Gasteiger partial charge >= 0.3 is 0 Å². The van der Waals surface area contributed by atoms with Gasteiger partial charge < -0.3 is 5.73 Å². The fourth-order valence-electron chi connectivity index (χ4n) is 1.64. The molecule has 1 unspecified atom stereocenters. The minimum absolute atomic E-state index is 0.0497. The van der Waals surface area contributed by atoms with Crippen LogP contribution in [0.25, 0.3) is 0 Å². The molecule has 0 saturated carbocycles. The van der Waals surface area contributed by atoms with Crippen LogP contribution in [0.4, 0.5) is 0 Å². The lowest BCUT2D eigenvalue weighted by atomic mass is 9.96. The summed E-state index contributed by atoms with van der Waals surface area (Å²) in [5, 5.41) is 0. The topological polar surface area (TPSA) is 43.1 Å². The van der Waals surface area contributed by atoms with E-state index in [1.807, 2.05) is 25.1 Å². The van der Waals surface area contributed by atoms with Gasteiger partial charge in [0.15, 0.2) is 0 Å². The van der Waals surface area contributed by atoms with E-state index >= 15 is 0 Å². The van der Waals surface area contributed by atoms with Crippen LogP contribution in [0.3, 0.4) is 0 Å². The van der Waals surface area contributed by atoms with E-state index in [1.54, 1.807) is 0 Å². The molecule has 2 N–H and O–H groups in total. The number of ketones is 1. The normalized spacial score (nSPS) is 12.4. The predicted molar refractivity (Wildman–Crippen MR) is 62.6 cm³/mol. The Labute approximate surface area is 91.5 Å². The van der Waals surface area contributed by atoms with Crippen LogP contribution in [-0.4, -0.2) is 12.3 Å². The standard InChI is InChI=1S/C13H19NO/c1-2-12(10-14)13(15)9-8-11-6-4-3-5-7-11/h3-7,12H,2,8-10,14H2,1H3. The molecule has 1 aromatic carbocycles. The smallest absolute Gasteiger partial charge is 0.137 e. The summed E-state index contributed by atoms with van der Waals surface area (Å²) in [6.07, 6.45) is 2.29. The maximum atomic E-state index is 11.7. The van der Waals surface area contributed by atoms with Crippen LogP contribution in [-0.2, 0) is 11.2 Å². The Morgan fingerprint density at radius 3 is 2.53 bits per heavy atom. The quantitative estimate of drug-likeness (QED) is 0.773. The van der Waals surface area contributed by atoms with E-state index in [0.717, 1.165) is 12.8 Å². The summed E-state index contributed by atoms with van der Waals surface area (Å²) in [5.41, 5.74) is 6.75. The number of carbonyl (C=O) groups excluding carboxylic acids is 1. The van der Waals surface area contributed by atoms with E-state index in [1.165, 1.54) is 5.56 Å². The third-order valence-electron chi connectivity index (χ3n) is 2.74. The molecule has 1 aromatic rings. The summed E-state index contributed by atoms with van der Waals surface area (Å²) in [4.78, 5) is 11.7. The van der Waals surface area contributed by atoms with E-state index in [0.29, 0.717) is 18.7 Å². The first-order valence-corrected chi connectivity index (χ1v) is 5.54. The van der Waals surface area contributed by atoms with E-state index in [9.17, 15) is 4.79 Å². The van der Waals surface area contributed by atoms with Crippen molar-refractivity contribution in [3.05, 3.63) is 35.9 Å². The molecular weight excluding hydrogens is 186 g/mol. The SMILES string of the molecule is CCC(CN)C(=O)CCc1ccccc1. The fourth-order valence-corrected chi connectivity index (χ4v) is 1.64. The molecule has 0 spiro atoms. The average Bonchev–Trinajstić information content (AvgIpc) is 2.29. The minimum Gasteiger partial charge on any atom is -0.330 e. The largest absolute Gasteiger partial charge is 0.330 e. The van der Waals surface area contributed by atoms with E-state index in [2.05, 4.69) is 12.1 Å². The van der Waals surface area contributed by atoms with Gasteiger partial charge in [-0.2, -0.15) is 0 Å². The van der Waals surface area contributed by atoms with Crippen molar-refractivity contribution >= 4 is 5.78 Å². The Balaban J connectivity index is 2.40. The Bertz CT molecular complexity index is 291. The van der Waals surface area contributed by atoms with Crippen molar-refractivity contribution in [2.45, 2.75) is 26.2 Å². The highest BCUT2D eigenvalue weighted by molar-refractivity contribution is 5.81. The first-order valence-electron chi connectivity index (χ1n) is 5.54. The number of nitrogens with two attached hydrogens (primary N) is 1. The summed E-state index contributed by atoms with van der Waals surface area (Å²) >= 11 is 0. The van der Waals surface area contributed by atoms with Gasteiger partial charge in [-0.1, -0.05) is 37.3 Å². The van der Waals surface area contributed by atoms with Crippen molar-refractivity contribution in [2.24, 2.45) is 11.7 Å². The summed E-state index contributed by atoms with van der Waals surface area (Å²) in [6.45, 7) is 2.49. The highest BCUT2D eigenvalue weighted by Gasteiger charge is 2.13. The van der Waals surface area contributed by atoms with Crippen LogP contribution >= 0.6 is 0 Å². The van der Waals surface area contributed by atoms with Gasteiger partial charge in [-0.15, -0.1) is 0 Å². The Morgan fingerprint density at radius 1 is 1.33 bits per heavy atom. The first kappa shape index (κ1) is 11.9. The van der Waals surface area contributed by atoms with Crippen LogP contribution in [0.15, 0.2) is 30.3 Å². The van der Waals surface area contributed by atoms with Crippen molar-refractivity contribution in [1.82, 2.24) is 0 Å². The van der Waals surface area contributed by atoms with E-state index in [-0.39, 0.29) is 5.92 Å². The van der Waals surface area contributed by atoms with Crippen molar-refractivity contribution in [3.63, 3.8) is 0 Å². The van der Waals surface area contributed by atoms with Gasteiger partial charge in [0.1, 0.15) is 5.78 Å². The van der Waals surface area contributed by atoms with E-state index < -0.39 is 0 Å². The number of carbonyl (C=O) groups is 1. The predicted octanol–water partition coefficient (Wildman–Crippen LogP) is 2.17. The maximum Gasteiger partial charge on any atom is 0.137 e. The molecule has 0 amide bonds. The second-order valence-corrected chi connectivity index (χ2v) is 3.79. The van der Waals surface area contributed by atoms with Crippen LogP contribution in [0.1, 0.15) is 25.3 Å². The molecule has 0 aromatic heterocycles. The molecule has 15 heavy (non-hydrogen) atoms. The van der Waals surface area contributed by atoms with Crippen LogP contribution in [0.5, 0.6) is 0 Å². The van der Waals surface area contributed by atoms with Crippen LogP contribution < -0.4 is 5.73 Å². The molecule has 0 bridgehead atoms. The zero-order valence-corrected chi connectivity index (χ0v) is 9.28. The van der Waals surface area contributed by atoms with Crippen molar-refractivity contribution in [2.75, 3.05) is 6.54 Å². The average molecular weight is 205 g/mol. The molecule has 1 atom stereocenters. The van der Waals surface area contributed by atoms with Gasteiger partial charge in [0.05, 0.1) is 0 Å². The lowest BCUT2D eigenvalue weighted by Gasteiger charge is -2.10. The number of aryl methyl sites for hydroxylation is 1. The molecule has 0 aliphatic carbocycles. The fraction of sp³-hybridized carbons (Fsp3) is 0.462. The van der Waals surface area contributed by atoms with Crippen LogP contribution in [0, 0.1) is 5.92 Å². The number of hydrogen-bond acceptors (Lipinski definition) is 2. The van der Waals surface area contributed by atoms with Gasteiger partial charge in [0.2, 0.25) is 0 Å². The summed E-state index contributed by atoms with van der Waals surface area (Å²) in [7, 11) is 0. The van der Waals surface area contributed by atoms with Crippen molar-refractivity contribution < 1.29 is 4.79 Å². The molecule has 2 heteroatoms. The third kappa shape index (κ3) is 3.84. The second-order valence-electron chi connectivity index (χ2n) is 3.79. The Hall–Kier alpha value is -1.15. The van der Waals surface area contributed by atoms with Gasteiger partial charge in [-0.3, -0.25) is 4.79 Å². The Morgan fingerprint density at radius 2 is 2.00 bits per heavy atom. The van der Waals surface area contributed by atoms with Gasteiger partial charge in [0, 0.05) is 18.9 Å². The number of Topliss-reactive ketones (excluding diaryl/α,β-unsaturated/α-hetero) is 1. The summed E-state index contributed by atoms with van der Waals surface area (Å²) in [6, 6.07) is 10.1. The molecular formula is C13H19NO. The maximum absolute atomic E-state index is 11.7. The second kappa shape index (κ2) is 6.36. The lowest BCUT2D eigenvalue weighted by molar-refractivity contribution is -0.122. The monoisotopic (exact) mass is 205 g/mol. The van der Waals surface area contributed by atoms with Crippen molar-refractivity contribution in [1.29, 1.82) is 0 Å². The number of benzene rings is 1. The highest BCUT2D eigenvalue weighted by atomic mass is 16.1. The molecule has 1 rings (SSSR count). The molecule has 2 nitrogen and oxygen atoms in total. The zero-order chi connectivity index (χ0) is 11.1. The van der Waals surface area contributed by atoms with Gasteiger partial charge in [-0.25, -0.2) is 0 Å². The van der Waals surface area contributed by atoms with E-state index in [4.69, 9.17) is 5.73 Å². The summed E-state index contributed by atoms with van der Waals surface area (Å²) in [5.74, 6) is 0.345. The third-order valence-corrected chi connectivity index (χ3v) is 2.74. The molecule has 0 saturated heterocycles. The molecule has 0 aliphatic rings. The van der Waals surface area contributed by atoms with Crippen LogP contribution in [0.2, 0.25) is 0 Å². The van der Waals surface area contributed by atoms with Gasteiger partial charge in [-0.05, 0) is 18.4 Å². The number of hydrogen-bond donors (Lipinski definition) is 1. The van der Waals surface area contributed by atoms with Gasteiger partial charge in [0.25, 0.3) is 0 Å². The molecule has 0 radical (unpaired) electrons. The van der Waals surface area contributed by atoms with Crippen molar-refractivity contribution in [3.8, 4) is 0 Å². The molecule has 82 valence electrons. The Kier molecular flexibility index (Phi) is 5.05. The molecule has 0 fully saturated rings. The first-order chi connectivity index (χ1) is 7.27. The molecule has 0 aliphatic heterocycles.